The van der Waals surface area contributed by atoms with Crippen molar-refractivity contribution in [3.8, 4) is 0 Å². The predicted octanol–water partition coefficient (Wildman–Crippen LogP) is 3.24. The Morgan fingerprint density at radius 3 is 2.50 bits per heavy atom. The minimum absolute atomic E-state index is 0.383. The third-order valence-corrected chi connectivity index (χ3v) is 6.34. The third-order valence-electron chi connectivity index (χ3n) is 6.34. The van der Waals surface area contributed by atoms with Crippen LogP contribution in [0.1, 0.15) is 52.9 Å². The summed E-state index contributed by atoms with van der Waals surface area (Å²) >= 11 is 0. The first-order valence-corrected chi connectivity index (χ1v) is 7.52. The average Bonchev–Trinajstić information content (AvgIpc) is 2.76. The topological polar surface area (TPSA) is 29.5 Å². The normalized spacial score (nSPS) is 53.5. The van der Waals surface area contributed by atoms with Crippen LogP contribution >= 0.6 is 0 Å². The van der Waals surface area contributed by atoms with Crippen LogP contribution in [0.4, 0.5) is 0 Å². The minimum Gasteiger partial charge on any atom is -0.387 e. The smallest absolute Gasteiger partial charge is 0.0911 e. The molecule has 3 rings (SSSR count). The first kappa shape index (κ1) is 12.9. The van der Waals surface area contributed by atoms with Gasteiger partial charge in [0.1, 0.15) is 0 Å². The molecule has 18 heavy (non-hydrogen) atoms. The summed E-state index contributed by atoms with van der Waals surface area (Å²) in [5.74, 6) is 2.08. The van der Waals surface area contributed by atoms with Gasteiger partial charge in [-0.25, -0.2) is 0 Å². The first-order chi connectivity index (χ1) is 8.31. The van der Waals surface area contributed by atoms with Crippen molar-refractivity contribution in [2.75, 3.05) is 13.7 Å². The maximum Gasteiger partial charge on any atom is 0.0911 e. The van der Waals surface area contributed by atoms with Crippen LogP contribution in [-0.2, 0) is 4.74 Å². The van der Waals surface area contributed by atoms with Crippen LogP contribution in [0, 0.1) is 28.6 Å². The SMILES string of the molecule is COCC1(O)CCC2C1CC(C)(C)CC1CC12C. The third kappa shape index (κ3) is 1.76. The lowest BCUT2D eigenvalue weighted by Crippen LogP contribution is -2.42. The summed E-state index contributed by atoms with van der Waals surface area (Å²) in [5.41, 5.74) is 0.349. The predicted molar refractivity (Wildman–Crippen MR) is 72.3 cm³/mol. The molecule has 0 aliphatic heterocycles. The van der Waals surface area contributed by atoms with Crippen molar-refractivity contribution < 1.29 is 9.84 Å². The molecule has 0 spiro atoms. The maximum absolute atomic E-state index is 11.0. The van der Waals surface area contributed by atoms with Gasteiger partial charge in [-0.1, -0.05) is 20.8 Å². The molecule has 3 saturated carbocycles. The van der Waals surface area contributed by atoms with E-state index in [0.29, 0.717) is 23.4 Å². The van der Waals surface area contributed by atoms with Crippen LogP contribution in [0.5, 0.6) is 0 Å². The van der Waals surface area contributed by atoms with Gasteiger partial charge in [0.05, 0.1) is 12.2 Å². The number of ether oxygens (including phenoxy) is 1. The van der Waals surface area contributed by atoms with Gasteiger partial charge in [0.15, 0.2) is 0 Å². The molecular weight excluding hydrogens is 224 g/mol. The van der Waals surface area contributed by atoms with E-state index >= 15 is 0 Å². The zero-order chi connectivity index (χ0) is 13.2. The van der Waals surface area contributed by atoms with Crippen molar-refractivity contribution in [2.45, 2.75) is 58.5 Å². The zero-order valence-electron chi connectivity index (χ0n) is 12.3. The van der Waals surface area contributed by atoms with Gasteiger partial charge in [0, 0.05) is 7.11 Å². The molecule has 0 saturated heterocycles. The minimum atomic E-state index is -0.558. The van der Waals surface area contributed by atoms with Crippen molar-refractivity contribution >= 4 is 0 Å². The zero-order valence-corrected chi connectivity index (χ0v) is 12.3. The number of fused-ring (bicyclic) bond motifs is 3. The van der Waals surface area contributed by atoms with Gasteiger partial charge in [-0.3, -0.25) is 0 Å². The van der Waals surface area contributed by atoms with Gasteiger partial charge in [0.2, 0.25) is 0 Å². The first-order valence-electron chi connectivity index (χ1n) is 7.52. The summed E-state index contributed by atoms with van der Waals surface area (Å²) in [5, 5.41) is 11.0. The lowest BCUT2D eigenvalue weighted by atomic mass is 9.72. The summed E-state index contributed by atoms with van der Waals surface area (Å²) in [6.07, 6.45) is 6.05. The fourth-order valence-electron chi connectivity index (χ4n) is 5.29. The molecule has 5 atom stereocenters. The van der Waals surface area contributed by atoms with E-state index in [1.54, 1.807) is 7.11 Å². The Morgan fingerprint density at radius 1 is 1.11 bits per heavy atom. The molecule has 2 heteroatoms. The molecule has 0 heterocycles. The van der Waals surface area contributed by atoms with Crippen molar-refractivity contribution in [3.63, 3.8) is 0 Å². The Labute approximate surface area is 111 Å². The fraction of sp³-hybridized carbons (Fsp3) is 1.00. The lowest BCUT2D eigenvalue weighted by Gasteiger charge is -2.37. The molecule has 3 aliphatic rings. The molecule has 3 fully saturated rings. The van der Waals surface area contributed by atoms with E-state index in [0.717, 1.165) is 18.3 Å². The van der Waals surface area contributed by atoms with Gasteiger partial charge in [0.25, 0.3) is 0 Å². The highest BCUT2D eigenvalue weighted by Crippen LogP contribution is 2.70. The number of hydrogen-bond acceptors (Lipinski definition) is 2. The van der Waals surface area contributed by atoms with Crippen LogP contribution in [0.2, 0.25) is 0 Å². The number of aliphatic hydroxyl groups is 1. The van der Waals surface area contributed by atoms with Crippen LogP contribution in [0.3, 0.4) is 0 Å². The van der Waals surface area contributed by atoms with Gasteiger partial charge in [-0.05, 0) is 60.7 Å². The molecule has 2 nitrogen and oxygen atoms in total. The Hall–Kier alpha value is -0.0800. The van der Waals surface area contributed by atoms with E-state index in [4.69, 9.17) is 4.74 Å². The van der Waals surface area contributed by atoms with E-state index < -0.39 is 5.60 Å². The summed E-state index contributed by atoms with van der Waals surface area (Å²) in [4.78, 5) is 0. The van der Waals surface area contributed by atoms with Crippen LogP contribution in [0.15, 0.2) is 0 Å². The summed E-state index contributed by atoms with van der Waals surface area (Å²) in [6.45, 7) is 7.76. The van der Waals surface area contributed by atoms with Gasteiger partial charge >= 0.3 is 0 Å². The fourth-order valence-corrected chi connectivity index (χ4v) is 5.29. The molecule has 104 valence electrons. The van der Waals surface area contributed by atoms with Gasteiger partial charge in [-0.2, -0.15) is 0 Å². The van der Waals surface area contributed by atoms with E-state index in [1.807, 2.05) is 0 Å². The van der Waals surface area contributed by atoms with E-state index in [2.05, 4.69) is 20.8 Å². The highest BCUT2D eigenvalue weighted by atomic mass is 16.5. The van der Waals surface area contributed by atoms with Crippen LogP contribution in [-0.4, -0.2) is 24.4 Å². The van der Waals surface area contributed by atoms with Crippen LogP contribution < -0.4 is 0 Å². The molecule has 1 N–H and O–H groups in total. The van der Waals surface area contributed by atoms with Crippen molar-refractivity contribution in [1.29, 1.82) is 0 Å². The number of rotatable bonds is 2. The number of hydrogen-bond donors (Lipinski definition) is 1. The quantitative estimate of drug-likeness (QED) is 0.817. The van der Waals surface area contributed by atoms with Crippen molar-refractivity contribution in [3.05, 3.63) is 0 Å². The standard InChI is InChI=1S/C16H28O2/c1-14(2)7-11-8-15(11,3)12-5-6-16(17,10-18-4)13(12)9-14/h11-13,17H,5-10H2,1-4H3. The van der Waals surface area contributed by atoms with Gasteiger partial charge < -0.3 is 9.84 Å². The second-order valence-corrected chi connectivity index (χ2v) is 8.27. The summed E-state index contributed by atoms with van der Waals surface area (Å²) in [6, 6.07) is 0. The second kappa shape index (κ2) is 3.73. The Balaban J connectivity index is 1.91. The lowest BCUT2D eigenvalue weighted by molar-refractivity contribution is -0.0779. The molecule has 0 aromatic heterocycles. The molecule has 5 unspecified atom stereocenters. The molecule has 0 aromatic carbocycles. The second-order valence-electron chi connectivity index (χ2n) is 8.27. The average molecular weight is 252 g/mol. The molecule has 0 amide bonds. The highest BCUT2D eigenvalue weighted by molar-refractivity contribution is 5.14. The summed E-state index contributed by atoms with van der Waals surface area (Å²) < 4.78 is 5.32. The molecular formula is C16H28O2. The molecule has 0 bridgehead atoms. The molecule has 3 aliphatic carbocycles. The largest absolute Gasteiger partial charge is 0.387 e. The van der Waals surface area contributed by atoms with Crippen LogP contribution in [0.25, 0.3) is 0 Å². The summed E-state index contributed by atoms with van der Waals surface area (Å²) in [7, 11) is 1.72. The van der Waals surface area contributed by atoms with E-state index in [9.17, 15) is 5.11 Å². The Morgan fingerprint density at radius 2 is 1.83 bits per heavy atom. The Kier molecular flexibility index (Phi) is 2.68. The van der Waals surface area contributed by atoms with E-state index in [-0.39, 0.29) is 0 Å². The van der Waals surface area contributed by atoms with Crippen molar-refractivity contribution in [2.24, 2.45) is 28.6 Å². The molecule has 0 radical (unpaired) electrons. The van der Waals surface area contributed by atoms with E-state index in [1.165, 1.54) is 25.7 Å². The Bertz CT molecular complexity index is 351. The van der Waals surface area contributed by atoms with Gasteiger partial charge in [-0.15, -0.1) is 0 Å². The number of methoxy groups -OCH3 is 1. The highest BCUT2D eigenvalue weighted by Gasteiger charge is 2.65. The maximum atomic E-state index is 11.0. The van der Waals surface area contributed by atoms with Crippen molar-refractivity contribution in [1.82, 2.24) is 0 Å². The monoisotopic (exact) mass is 252 g/mol. The molecule has 0 aromatic rings.